The maximum Gasteiger partial charge on any atom is 0.191 e. The third kappa shape index (κ3) is 1.54. The van der Waals surface area contributed by atoms with Crippen LogP contribution in [0.5, 0.6) is 0 Å². The number of nitrogens with zero attached hydrogens (tertiary/aromatic N) is 1. The van der Waals surface area contributed by atoms with Crippen LogP contribution in [0.2, 0.25) is 0 Å². The van der Waals surface area contributed by atoms with Crippen LogP contribution in [0.3, 0.4) is 0 Å². The zero-order chi connectivity index (χ0) is 9.26. The van der Waals surface area contributed by atoms with Crippen LogP contribution in [0.25, 0.3) is 11.3 Å². The van der Waals surface area contributed by atoms with Crippen molar-refractivity contribution in [3.63, 3.8) is 0 Å². The van der Waals surface area contributed by atoms with E-state index in [4.69, 9.17) is 10.2 Å². The zero-order valence-corrected chi connectivity index (χ0v) is 7.32. The van der Waals surface area contributed by atoms with Gasteiger partial charge >= 0.3 is 0 Å². The molecular formula is C10H10N2O. The number of benzene rings is 1. The fourth-order valence-electron chi connectivity index (χ4n) is 1.19. The molecule has 13 heavy (non-hydrogen) atoms. The summed E-state index contributed by atoms with van der Waals surface area (Å²) in [6.07, 6.45) is 1.63. The van der Waals surface area contributed by atoms with E-state index in [1.165, 1.54) is 0 Å². The van der Waals surface area contributed by atoms with Crippen molar-refractivity contribution in [1.29, 1.82) is 0 Å². The summed E-state index contributed by atoms with van der Waals surface area (Å²) < 4.78 is 5.11. The average molecular weight is 174 g/mol. The van der Waals surface area contributed by atoms with Crippen LogP contribution in [0.15, 0.2) is 34.9 Å². The molecule has 0 saturated carbocycles. The Labute approximate surface area is 76.2 Å². The maximum absolute atomic E-state index is 5.64. The van der Waals surface area contributed by atoms with Gasteiger partial charge in [-0.1, -0.05) is 12.1 Å². The van der Waals surface area contributed by atoms with Crippen LogP contribution >= 0.6 is 0 Å². The minimum atomic E-state index is 0.664. The summed E-state index contributed by atoms with van der Waals surface area (Å²) in [5.74, 6) is 0.664. The molecule has 3 nitrogen and oxygen atoms in total. The van der Waals surface area contributed by atoms with Crippen LogP contribution in [-0.4, -0.2) is 4.98 Å². The summed E-state index contributed by atoms with van der Waals surface area (Å²) in [7, 11) is 0. The molecular weight excluding hydrogens is 164 g/mol. The lowest BCUT2D eigenvalue weighted by Crippen LogP contribution is -1.85. The molecule has 1 heterocycles. The maximum atomic E-state index is 5.64. The molecule has 2 rings (SSSR count). The molecule has 0 fully saturated rings. The first kappa shape index (κ1) is 7.86. The number of aryl methyl sites for hydroxylation is 1. The summed E-state index contributed by atoms with van der Waals surface area (Å²) >= 11 is 0. The van der Waals surface area contributed by atoms with Crippen molar-refractivity contribution in [2.75, 3.05) is 5.73 Å². The predicted octanol–water partition coefficient (Wildman–Crippen LogP) is 2.23. The largest absolute Gasteiger partial charge is 0.449 e. The first-order valence-corrected chi connectivity index (χ1v) is 4.04. The van der Waals surface area contributed by atoms with E-state index in [9.17, 15) is 0 Å². The zero-order valence-electron chi connectivity index (χ0n) is 7.32. The van der Waals surface area contributed by atoms with Gasteiger partial charge in [-0.2, -0.15) is 0 Å². The molecule has 2 aromatic rings. The standard InChI is InChI=1S/C10H10N2O/c1-7-12-10(6-13-7)8-3-2-4-9(11)5-8/h2-6H,11H2,1H3. The molecule has 0 bridgehead atoms. The lowest BCUT2D eigenvalue weighted by atomic mass is 10.1. The van der Waals surface area contributed by atoms with E-state index in [0.29, 0.717) is 5.89 Å². The van der Waals surface area contributed by atoms with E-state index >= 15 is 0 Å². The van der Waals surface area contributed by atoms with Crippen LogP contribution in [0.4, 0.5) is 5.69 Å². The highest BCUT2D eigenvalue weighted by Crippen LogP contribution is 2.20. The Bertz CT molecular complexity index is 420. The van der Waals surface area contributed by atoms with Gasteiger partial charge in [-0.15, -0.1) is 0 Å². The van der Waals surface area contributed by atoms with Crippen LogP contribution < -0.4 is 5.73 Å². The smallest absolute Gasteiger partial charge is 0.191 e. The first-order chi connectivity index (χ1) is 6.25. The van der Waals surface area contributed by atoms with Gasteiger partial charge in [-0.05, 0) is 12.1 Å². The Morgan fingerprint density at radius 1 is 1.38 bits per heavy atom. The normalized spacial score (nSPS) is 10.2. The second-order valence-electron chi connectivity index (χ2n) is 2.88. The lowest BCUT2D eigenvalue weighted by molar-refractivity contribution is 0.521. The highest BCUT2D eigenvalue weighted by Gasteiger charge is 2.02. The van der Waals surface area contributed by atoms with Gasteiger partial charge in [0, 0.05) is 18.2 Å². The van der Waals surface area contributed by atoms with E-state index in [2.05, 4.69) is 4.98 Å². The van der Waals surface area contributed by atoms with E-state index < -0.39 is 0 Å². The van der Waals surface area contributed by atoms with Gasteiger partial charge in [0.25, 0.3) is 0 Å². The van der Waals surface area contributed by atoms with Crippen molar-refractivity contribution >= 4 is 5.69 Å². The first-order valence-electron chi connectivity index (χ1n) is 4.04. The quantitative estimate of drug-likeness (QED) is 0.674. The minimum absolute atomic E-state index is 0.664. The molecule has 1 aromatic heterocycles. The summed E-state index contributed by atoms with van der Waals surface area (Å²) in [6.45, 7) is 1.82. The molecule has 0 aliphatic rings. The van der Waals surface area contributed by atoms with E-state index in [1.807, 2.05) is 31.2 Å². The summed E-state index contributed by atoms with van der Waals surface area (Å²) in [4.78, 5) is 4.20. The molecule has 66 valence electrons. The van der Waals surface area contributed by atoms with E-state index in [0.717, 1.165) is 16.9 Å². The summed E-state index contributed by atoms with van der Waals surface area (Å²) in [5, 5.41) is 0. The number of hydrogen-bond acceptors (Lipinski definition) is 3. The van der Waals surface area contributed by atoms with Gasteiger partial charge in [0.15, 0.2) is 5.89 Å². The Morgan fingerprint density at radius 2 is 2.23 bits per heavy atom. The molecule has 1 aromatic carbocycles. The molecule has 2 N–H and O–H groups in total. The van der Waals surface area contributed by atoms with Gasteiger partial charge < -0.3 is 10.2 Å². The van der Waals surface area contributed by atoms with Gasteiger partial charge in [-0.3, -0.25) is 0 Å². The molecule has 3 heteroatoms. The van der Waals surface area contributed by atoms with Crippen LogP contribution in [-0.2, 0) is 0 Å². The highest BCUT2D eigenvalue weighted by atomic mass is 16.3. The van der Waals surface area contributed by atoms with Gasteiger partial charge in [0.1, 0.15) is 12.0 Å². The molecule has 0 radical (unpaired) electrons. The molecule has 0 aliphatic heterocycles. The fourth-order valence-corrected chi connectivity index (χ4v) is 1.19. The fraction of sp³-hybridized carbons (Fsp3) is 0.100. The van der Waals surface area contributed by atoms with Crippen LogP contribution in [0, 0.1) is 6.92 Å². The van der Waals surface area contributed by atoms with Crippen molar-refractivity contribution in [2.24, 2.45) is 0 Å². The van der Waals surface area contributed by atoms with Crippen LogP contribution in [0.1, 0.15) is 5.89 Å². The number of aromatic nitrogens is 1. The molecule has 0 amide bonds. The van der Waals surface area contributed by atoms with Gasteiger partial charge in [-0.25, -0.2) is 4.98 Å². The predicted molar refractivity (Wildman–Crippen MR) is 51.1 cm³/mol. The molecule has 0 unspecified atom stereocenters. The molecule has 0 saturated heterocycles. The van der Waals surface area contributed by atoms with E-state index in [1.54, 1.807) is 6.26 Å². The second-order valence-corrected chi connectivity index (χ2v) is 2.88. The van der Waals surface area contributed by atoms with E-state index in [-0.39, 0.29) is 0 Å². The Hall–Kier alpha value is -1.77. The van der Waals surface area contributed by atoms with Crippen molar-refractivity contribution in [3.8, 4) is 11.3 Å². The van der Waals surface area contributed by atoms with Crippen molar-refractivity contribution in [3.05, 3.63) is 36.4 Å². The summed E-state index contributed by atoms with van der Waals surface area (Å²) in [6, 6.07) is 7.57. The highest BCUT2D eigenvalue weighted by molar-refractivity contribution is 5.62. The Kier molecular flexibility index (Phi) is 1.77. The average Bonchev–Trinajstić information content (AvgIpc) is 2.52. The number of hydrogen-bond donors (Lipinski definition) is 1. The molecule has 0 aliphatic carbocycles. The lowest BCUT2D eigenvalue weighted by Gasteiger charge is -1.96. The Morgan fingerprint density at radius 3 is 2.85 bits per heavy atom. The van der Waals surface area contributed by atoms with Gasteiger partial charge in [0.05, 0.1) is 0 Å². The second kappa shape index (κ2) is 2.94. The number of oxazole rings is 1. The number of nitrogens with two attached hydrogens (primary N) is 1. The number of anilines is 1. The topological polar surface area (TPSA) is 52.0 Å². The summed E-state index contributed by atoms with van der Waals surface area (Å²) in [5.41, 5.74) is 8.19. The molecule has 0 atom stereocenters. The molecule has 0 spiro atoms. The number of nitrogen functional groups attached to an aromatic ring is 1. The third-order valence-corrected chi connectivity index (χ3v) is 1.80. The van der Waals surface area contributed by atoms with Crippen molar-refractivity contribution in [2.45, 2.75) is 6.92 Å². The van der Waals surface area contributed by atoms with Crippen molar-refractivity contribution in [1.82, 2.24) is 4.98 Å². The van der Waals surface area contributed by atoms with Crippen molar-refractivity contribution < 1.29 is 4.42 Å². The number of rotatable bonds is 1. The monoisotopic (exact) mass is 174 g/mol. The SMILES string of the molecule is Cc1nc(-c2cccc(N)c2)co1. The Balaban J connectivity index is 2.46. The van der Waals surface area contributed by atoms with Gasteiger partial charge in [0.2, 0.25) is 0 Å². The third-order valence-electron chi connectivity index (χ3n) is 1.80. The minimum Gasteiger partial charge on any atom is -0.449 e.